The lowest BCUT2D eigenvalue weighted by molar-refractivity contribution is 0.152. The molecule has 0 saturated carbocycles. The second-order valence-electron chi connectivity index (χ2n) is 7.55. The second-order valence-corrected chi connectivity index (χ2v) is 7.99. The lowest BCUT2D eigenvalue weighted by Crippen LogP contribution is -2.31. The Balaban J connectivity index is 1.85. The van der Waals surface area contributed by atoms with Crippen molar-refractivity contribution in [2.24, 2.45) is 0 Å². The van der Waals surface area contributed by atoms with Crippen molar-refractivity contribution in [2.75, 3.05) is 20.1 Å². The highest BCUT2D eigenvalue weighted by Crippen LogP contribution is 2.37. The Hall–Kier alpha value is -2.11. The number of fused-ring (bicyclic) bond motifs is 1. The van der Waals surface area contributed by atoms with Gasteiger partial charge in [-0.1, -0.05) is 35.9 Å². The highest BCUT2D eigenvalue weighted by Gasteiger charge is 2.23. The predicted molar refractivity (Wildman–Crippen MR) is 109 cm³/mol. The summed E-state index contributed by atoms with van der Waals surface area (Å²) in [5.41, 5.74) is 3.68. The summed E-state index contributed by atoms with van der Waals surface area (Å²) >= 11 is 5.93. The molecule has 3 nitrogen and oxygen atoms in total. The maximum absolute atomic E-state index is 13.6. The Morgan fingerprint density at radius 3 is 2.75 bits per heavy atom. The smallest absolute Gasteiger partial charge is 0.264 e. The van der Waals surface area contributed by atoms with Crippen LogP contribution in [0.15, 0.2) is 36.4 Å². The van der Waals surface area contributed by atoms with Crippen molar-refractivity contribution in [2.45, 2.75) is 32.1 Å². The summed E-state index contributed by atoms with van der Waals surface area (Å²) in [6, 6.07) is 10.7. The van der Waals surface area contributed by atoms with E-state index in [-0.39, 0.29) is 10.6 Å². The Labute approximate surface area is 168 Å². The van der Waals surface area contributed by atoms with E-state index in [0.29, 0.717) is 17.2 Å². The lowest BCUT2D eigenvalue weighted by atomic mass is 9.88. The minimum absolute atomic E-state index is 0.116. The monoisotopic (exact) mass is 401 g/mol. The average molecular weight is 402 g/mol. The van der Waals surface area contributed by atoms with Gasteiger partial charge in [-0.25, -0.2) is 8.78 Å². The van der Waals surface area contributed by atoms with Crippen LogP contribution < -0.4 is 0 Å². The first-order valence-electron chi connectivity index (χ1n) is 9.48. The van der Waals surface area contributed by atoms with Crippen molar-refractivity contribution in [1.29, 1.82) is 0 Å². The van der Waals surface area contributed by atoms with Gasteiger partial charge in [-0.3, -0.25) is 0 Å². The van der Waals surface area contributed by atoms with E-state index in [0.717, 1.165) is 42.4 Å². The molecule has 0 N–H and O–H groups in total. The van der Waals surface area contributed by atoms with Crippen LogP contribution in [0.5, 0.6) is 0 Å². The molecule has 3 aromatic rings. The van der Waals surface area contributed by atoms with Crippen LogP contribution in [0.2, 0.25) is 5.02 Å². The van der Waals surface area contributed by atoms with Gasteiger partial charge >= 0.3 is 0 Å². The third-order valence-corrected chi connectivity index (χ3v) is 5.88. The van der Waals surface area contributed by atoms with Crippen LogP contribution in [0.25, 0.3) is 22.2 Å². The minimum Gasteiger partial charge on any atom is -0.306 e. The van der Waals surface area contributed by atoms with E-state index in [9.17, 15) is 8.78 Å². The van der Waals surface area contributed by atoms with Crippen molar-refractivity contribution >= 4 is 22.5 Å². The van der Waals surface area contributed by atoms with Crippen LogP contribution in [0, 0.1) is 6.92 Å². The molecule has 6 heteroatoms. The number of rotatable bonds is 3. The van der Waals surface area contributed by atoms with E-state index in [1.807, 2.05) is 19.1 Å². The van der Waals surface area contributed by atoms with Crippen LogP contribution in [-0.4, -0.2) is 35.2 Å². The maximum Gasteiger partial charge on any atom is 0.264 e. The van der Waals surface area contributed by atoms with Gasteiger partial charge in [0.25, 0.3) is 6.43 Å². The third-order valence-electron chi connectivity index (χ3n) is 5.64. The minimum atomic E-state index is -2.63. The molecule has 1 aliphatic heterocycles. The fraction of sp³-hybridized carbons (Fsp3) is 0.364. The molecule has 28 heavy (non-hydrogen) atoms. The van der Waals surface area contributed by atoms with Crippen molar-refractivity contribution in [1.82, 2.24) is 15.1 Å². The fourth-order valence-corrected chi connectivity index (χ4v) is 4.39. The lowest BCUT2D eigenvalue weighted by Gasteiger charge is -2.30. The first kappa shape index (κ1) is 19.2. The molecular formula is C22H22ClF2N3. The summed E-state index contributed by atoms with van der Waals surface area (Å²) < 4.78 is 27.1. The molecule has 146 valence electrons. The number of nitrogens with zero attached hydrogens (tertiary/aromatic N) is 3. The molecule has 0 bridgehead atoms. The third kappa shape index (κ3) is 3.49. The van der Waals surface area contributed by atoms with Gasteiger partial charge in [-0.15, -0.1) is 10.2 Å². The summed E-state index contributed by atoms with van der Waals surface area (Å²) in [5, 5.41) is 10.1. The van der Waals surface area contributed by atoms with Gasteiger partial charge in [-0.2, -0.15) is 0 Å². The fourth-order valence-electron chi connectivity index (χ4n) is 4.21. The quantitative estimate of drug-likeness (QED) is 0.538. The van der Waals surface area contributed by atoms with Crippen molar-refractivity contribution < 1.29 is 8.78 Å². The summed E-state index contributed by atoms with van der Waals surface area (Å²) in [6.45, 7) is 4.03. The van der Waals surface area contributed by atoms with Gasteiger partial charge in [0.2, 0.25) is 0 Å². The number of benzene rings is 2. The summed E-state index contributed by atoms with van der Waals surface area (Å²) in [6.07, 6.45) is -0.349. The molecule has 1 fully saturated rings. The van der Waals surface area contributed by atoms with Crippen LogP contribution >= 0.6 is 11.6 Å². The second kappa shape index (κ2) is 7.72. The SMILES string of the molecule is Cc1c(-c2ccc(Cl)cc2C(F)F)nnc2c([C@@H]3CCCN(C)C3)cccc12. The standard InChI is InChI=1S/C22H22ClF2N3/c1-13-16-6-3-7-17(14-5-4-10-28(2)12-14)21(16)27-26-20(13)18-9-8-15(23)11-19(18)22(24)25/h3,6-9,11,14,22H,4-5,10,12H2,1-2H3/t14-/m1/s1. The van der Waals surface area contributed by atoms with E-state index in [1.165, 1.54) is 11.6 Å². The average Bonchev–Trinajstić information content (AvgIpc) is 2.68. The molecule has 1 aromatic heterocycles. The molecule has 0 aliphatic carbocycles. The number of alkyl halides is 2. The molecule has 1 saturated heterocycles. The molecule has 2 heterocycles. The highest BCUT2D eigenvalue weighted by atomic mass is 35.5. The number of likely N-dealkylation sites (tertiary alicyclic amines) is 1. The van der Waals surface area contributed by atoms with E-state index in [4.69, 9.17) is 11.6 Å². The number of hydrogen-bond acceptors (Lipinski definition) is 3. The Bertz CT molecular complexity index is 1020. The van der Waals surface area contributed by atoms with Gasteiger partial charge in [0.1, 0.15) is 0 Å². The van der Waals surface area contributed by atoms with Crippen molar-refractivity contribution in [3.05, 3.63) is 58.1 Å². The molecule has 4 rings (SSSR count). The van der Waals surface area contributed by atoms with Crippen LogP contribution in [0.3, 0.4) is 0 Å². The zero-order valence-corrected chi connectivity index (χ0v) is 16.7. The molecule has 1 atom stereocenters. The van der Waals surface area contributed by atoms with Crippen molar-refractivity contribution in [3.8, 4) is 11.3 Å². The Morgan fingerprint density at radius 1 is 1.18 bits per heavy atom. The molecule has 0 radical (unpaired) electrons. The largest absolute Gasteiger partial charge is 0.306 e. The van der Waals surface area contributed by atoms with Gasteiger partial charge in [0, 0.05) is 28.1 Å². The Morgan fingerprint density at radius 2 is 2.00 bits per heavy atom. The van der Waals surface area contributed by atoms with Crippen LogP contribution in [-0.2, 0) is 0 Å². The zero-order valence-electron chi connectivity index (χ0n) is 15.9. The molecule has 0 unspecified atom stereocenters. The number of halogens is 3. The van der Waals surface area contributed by atoms with Gasteiger partial charge in [-0.05, 0) is 62.5 Å². The number of hydrogen-bond donors (Lipinski definition) is 0. The number of aryl methyl sites for hydroxylation is 1. The molecule has 0 spiro atoms. The first-order valence-corrected chi connectivity index (χ1v) is 9.86. The highest BCUT2D eigenvalue weighted by molar-refractivity contribution is 6.30. The normalized spacial score (nSPS) is 18.1. The number of aromatic nitrogens is 2. The zero-order chi connectivity index (χ0) is 19.8. The van der Waals surface area contributed by atoms with Gasteiger partial charge < -0.3 is 4.90 Å². The summed E-state index contributed by atoms with van der Waals surface area (Å²) in [5.74, 6) is 0.411. The number of likely N-dealkylation sites (N-methyl/N-ethyl adjacent to an activating group) is 1. The maximum atomic E-state index is 13.6. The summed E-state index contributed by atoms with van der Waals surface area (Å²) in [7, 11) is 2.14. The number of piperidine rings is 1. The summed E-state index contributed by atoms with van der Waals surface area (Å²) in [4.78, 5) is 2.34. The van der Waals surface area contributed by atoms with E-state index in [1.54, 1.807) is 12.1 Å². The van der Waals surface area contributed by atoms with Crippen LogP contribution in [0.1, 0.15) is 41.9 Å². The first-order chi connectivity index (χ1) is 13.5. The van der Waals surface area contributed by atoms with E-state index >= 15 is 0 Å². The molecule has 2 aromatic carbocycles. The van der Waals surface area contributed by atoms with Crippen LogP contribution in [0.4, 0.5) is 8.78 Å². The molecular weight excluding hydrogens is 380 g/mol. The topological polar surface area (TPSA) is 29.0 Å². The molecule has 0 amide bonds. The van der Waals surface area contributed by atoms with E-state index in [2.05, 4.69) is 28.2 Å². The van der Waals surface area contributed by atoms with Crippen molar-refractivity contribution in [3.63, 3.8) is 0 Å². The predicted octanol–water partition coefficient (Wildman–Crippen LogP) is 6.01. The molecule has 1 aliphatic rings. The Kier molecular flexibility index (Phi) is 5.30. The van der Waals surface area contributed by atoms with Gasteiger partial charge in [0.05, 0.1) is 11.2 Å². The van der Waals surface area contributed by atoms with E-state index < -0.39 is 6.43 Å². The van der Waals surface area contributed by atoms with Gasteiger partial charge in [0.15, 0.2) is 0 Å².